The van der Waals surface area contributed by atoms with Crippen molar-refractivity contribution in [3.05, 3.63) is 23.3 Å². The summed E-state index contributed by atoms with van der Waals surface area (Å²) in [7, 11) is 0. The van der Waals surface area contributed by atoms with E-state index in [9.17, 15) is 0 Å². The van der Waals surface area contributed by atoms with Gasteiger partial charge in [0.15, 0.2) is 5.96 Å². The molecule has 0 spiro atoms. The lowest BCUT2D eigenvalue weighted by Gasteiger charge is -2.13. The first-order chi connectivity index (χ1) is 10.5. The van der Waals surface area contributed by atoms with Crippen molar-refractivity contribution in [1.29, 1.82) is 0 Å². The van der Waals surface area contributed by atoms with Gasteiger partial charge in [0.25, 0.3) is 0 Å². The summed E-state index contributed by atoms with van der Waals surface area (Å²) >= 11 is 0. The van der Waals surface area contributed by atoms with Gasteiger partial charge in [-0.05, 0) is 39.3 Å². The van der Waals surface area contributed by atoms with E-state index in [1.807, 2.05) is 13.0 Å². The maximum atomic E-state index is 5.92. The number of ether oxygens (including phenoxy) is 2. The summed E-state index contributed by atoms with van der Waals surface area (Å²) in [6.45, 7) is 9.36. The smallest absolute Gasteiger partial charge is 0.189 e. The Labute approximate surface area is 156 Å². The van der Waals surface area contributed by atoms with Crippen LogP contribution in [0.15, 0.2) is 17.1 Å². The highest BCUT2D eigenvalue weighted by Gasteiger charge is 2.21. The number of aliphatic imine (C=N–C) groups is 1. The standard InChI is InChI=1S/C17H27N3O2.HI/c1-5-11(3)20-17(18)19-10-14-9-16-13(7-12(4)22-16)8-15(14)21-6-2;/h8-9,11-12H,5-7,10H2,1-4H3,(H3,18,19,20);1H. The van der Waals surface area contributed by atoms with Gasteiger partial charge in [-0.3, -0.25) is 0 Å². The molecule has 3 N–H and O–H groups in total. The Morgan fingerprint density at radius 1 is 1.48 bits per heavy atom. The molecule has 1 aliphatic heterocycles. The van der Waals surface area contributed by atoms with Gasteiger partial charge < -0.3 is 20.5 Å². The topological polar surface area (TPSA) is 68.9 Å². The molecule has 1 aromatic carbocycles. The Hall–Kier alpha value is -1.18. The number of halogens is 1. The Bertz CT molecular complexity index is 549. The minimum atomic E-state index is 0. The third kappa shape index (κ3) is 5.44. The lowest BCUT2D eigenvalue weighted by atomic mass is 10.1. The number of hydrogen-bond donors (Lipinski definition) is 2. The van der Waals surface area contributed by atoms with E-state index in [4.69, 9.17) is 15.2 Å². The van der Waals surface area contributed by atoms with Crippen molar-refractivity contribution in [2.75, 3.05) is 6.61 Å². The third-order valence-corrected chi connectivity index (χ3v) is 3.81. The van der Waals surface area contributed by atoms with Crippen LogP contribution in [-0.2, 0) is 13.0 Å². The van der Waals surface area contributed by atoms with Crippen LogP contribution in [-0.4, -0.2) is 24.7 Å². The van der Waals surface area contributed by atoms with E-state index in [1.165, 1.54) is 5.56 Å². The van der Waals surface area contributed by atoms with Gasteiger partial charge in [-0.2, -0.15) is 0 Å². The number of fused-ring (bicyclic) bond motifs is 1. The number of nitrogens with two attached hydrogens (primary N) is 1. The maximum absolute atomic E-state index is 5.92. The molecule has 1 aliphatic rings. The van der Waals surface area contributed by atoms with E-state index in [2.05, 4.69) is 37.1 Å². The summed E-state index contributed by atoms with van der Waals surface area (Å²) < 4.78 is 11.6. The molecule has 0 aliphatic carbocycles. The van der Waals surface area contributed by atoms with E-state index >= 15 is 0 Å². The average molecular weight is 433 g/mol. The zero-order valence-electron chi connectivity index (χ0n) is 14.4. The molecule has 23 heavy (non-hydrogen) atoms. The summed E-state index contributed by atoms with van der Waals surface area (Å²) in [5.41, 5.74) is 8.13. The predicted octanol–water partition coefficient (Wildman–Crippen LogP) is 3.23. The molecule has 0 fully saturated rings. The largest absolute Gasteiger partial charge is 0.494 e. The van der Waals surface area contributed by atoms with Crippen molar-refractivity contribution in [3.8, 4) is 11.5 Å². The Morgan fingerprint density at radius 3 is 2.87 bits per heavy atom. The molecular weight excluding hydrogens is 405 g/mol. The van der Waals surface area contributed by atoms with E-state index in [1.54, 1.807) is 0 Å². The Balaban J connectivity index is 0.00000264. The number of nitrogens with one attached hydrogen (secondary N) is 1. The predicted molar refractivity (Wildman–Crippen MR) is 105 cm³/mol. The van der Waals surface area contributed by atoms with Crippen LogP contribution >= 0.6 is 24.0 Å². The van der Waals surface area contributed by atoms with E-state index in [0.29, 0.717) is 25.2 Å². The lowest BCUT2D eigenvalue weighted by molar-refractivity contribution is 0.254. The van der Waals surface area contributed by atoms with Crippen LogP contribution in [0.1, 0.15) is 45.2 Å². The Kier molecular flexibility index (Phi) is 7.94. The van der Waals surface area contributed by atoms with Crippen LogP contribution in [0, 0.1) is 0 Å². The van der Waals surface area contributed by atoms with Crippen molar-refractivity contribution < 1.29 is 9.47 Å². The lowest BCUT2D eigenvalue weighted by Crippen LogP contribution is -2.38. The fourth-order valence-electron chi connectivity index (χ4n) is 2.47. The van der Waals surface area contributed by atoms with Gasteiger partial charge in [-0.1, -0.05) is 6.92 Å². The highest BCUT2D eigenvalue weighted by atomic mass is 127. The van der Waals surface area contributed by atoms with Crippen LogP contribution < -0.4 is 20.5 Å². The summed E-state index contributed by atoms with van der Waals surface area (Å²) in [6, 6.07) is 4.43. The summed E-state index contributed by atoms with van der Waals surface area (Å²) in [6.07, 6.45) is 2.15. The second-order valence-corrected chi connectivity index (χ2v) is 5.79. The molecule has 0 saturated carbocycles. The van der Waals surface area contributed by atoms with Crippen LogP contribution in [0.5, 0.6) is 11.5 Å². The zero-order chi connectivity index (χ0) is 16.1. The van der Waals surface area contributed by atoms with Crippen molar-refractivity contribution in [1.82, 2.24) is 5.32 Å². The second-order valence-electron chi connectivity index (χ2n) is 5.79. The molecule has 0 aromatic heterocycles. The van der Waals surface area contributed by atoms with Crippen LogP contribution in [0.25, 0.3) is 0 Å². The molecule has 6 heteroatoms. The number of guanidine groups is 1. The van der Waals surface area contributed by atoms with Crippen molar-refractivity contribution in [3.63, 3.8) is 0 Å². The van der Waals surface area contributed by atoms with Crippen LogP contribution in [0.2, 0.25) is 0 Å². The first kappa shape index (κ1) is 19.9. The SMILES string of the molecule is CCOc1cc2c(cc1CN=C(N)NC(C)CC)OC(C)C2.I. The molecule has 2 unspecified atom stereocenters. The van der Waals surface area contributed by atoms with Gasteiger partial charge in [0, 0.05) is 23.6 Å². The molecule has 0 radical (unpaired) electrons. The normalized spacial score (nSPS) is 17.7. The summed E-state index contributed by atoms with van der Waals surface area (Å²) in [4.78, 5) is 4.42. The number of benzene rings is 1. The average Bonchev–Trinajstić information content (AvgIpc) is 2.84. The van der Waals surface area contributed by atoms with Crippen LogP contribution in [0.4, 0.5) is 0 Å². The highest BCUT2D eigenvalue weighted by Crippen LogP contribution is 2.35. The molecule has 0 amide bonds. The number of rotatable bonds is 6. The maximum Gasteiger partial charge on any atom is 0.189 e. The fourth-order valence-corrected chi connectivity index (χ4v) is 2.47. The van der Waals surface area contributed by atoms with E-state index < -0.39 is 0 Å². The van der Waals surface area contributed by atoms with Crippen LogP contribution in [0.3, 0.4) is 0 Å². The highest BCUT2D eigenvalue weighted by molar-refractivity contribution is 14.0. The molecule has 1 aromatic rings. The monoisotopic (exact) mass is 433 g/mol. The van der Waals surface area contributed by atoms with Gasteiger partial charge in [-0.25, -0.2) is 4.99 Å². The minimum absolute atomic E-state index is 0. The minimum Gasteiger partial charge on any atom is -0.494 e. The molecule has 5 nitrogen and oxygen atoms in total. The third-order valence-electron chi connectivity index (χ3n) is 3.81. The van der Waals surface area contributed by atoms with Gasteiger partial charge in [-0.15, -0.1) is 24.0 Å². The first-order valence-electron chi connectivity index (χ1n) is 8.05. The Morgan fingerprint density at radius 2 is 2.22 bits per heavy atom. The molecule has 0 saturated heterocycles. The molecule has 1 heterocycles. The van der Waals surface area contributed by atoms with Crippen molar-refractivity contribution >= 4 is 29.9 Å². The number of nitrogens with zero attached hydrogens (tertiary/aromatic N) is 1. The molecular formula is C17H28IN3O2. The van der Waals surface area contributed by atoms with Gasteiger partial charge in [0.05, 0.1) is 13.2 Å². The van der Waals surface area contributed by atoms with Gasteiger partial charge >= 0.3 is 0 Å². The zero-order valence-corrected chi connectivity index (χ0v) is 16.7. The molecule has 0 bridgehead atoms. The summed E-state index contributed by atoms with van der Waals surface area (Å²) in [5.74, 6) is 2.28. The quantitative estimate of drug-likeness (QED) is 0.411. The molecule has 2 atom stereocenters. The van der Waals surface area contributed by atoms with E-state index in [0.717, 1.165) is 29.9 Å². The van der Waals surface area contributed by atoms with E-state index in [-0.39, 0.29) is 30.1 Å². The fraction of sp³-hybridized carbons (Fsp3) is 0.588. The molecule has 2 rings (SSSR count). The van der Waals surface area contributed by atoms with Gasteiger partial charge in [0.2, 0.25) is 0 Å². The summed E-state index contributed by atoms with van der Waals surface area (Å²) in [5, 5.41) is 3.17. The number of hydrogen-bond acceptors (Lipinski definition) is 3. The molecule has 130 valence electrons. The van der Waals surface area contributed by atoms with Gasteiger partial charge in [0.1, 0.15) is 17.6 Å². The van der Waals surface area contributed by atoms with Crippen molar-refractivity contribution in [2.45, 2.75) is 59.2 Å². The second kappa shape index (κ2) is 9.20. The van der Waals surface area contributed by atoms with Crippen molar-refractivity contribution in [2.24, 2.45) is 10.7 Å². The first-order valence-corrected chi connectivity index (χ1v) is 8.05.